The highest BCUT2D eigenvalue weighted by molar-refractivity contribution is 8.00. The monoisotopic (exact) mass is 422 g/mol. The summed E-state index contributed by atoms with van der Waals surface area (Å²) in [6, 6.07) is 16.6. The maximum absolute atomic E-state index is 12.5. The summed E-state index contributed by atoms with van der Waals surface area (Å²) in [4.78, 5) is 31.3. The van der Waals surface area contributed by atoms with E-state index >= 15 is 0 Å². The molecule has 1 unspecified atom stereocenters. The molecule has 1 atom stereocenters. The number of H-pyrrole nitrogens is 1. The van der Waals surface area contributed by atoms with Crippen LogP contribution in [0, 0.1) is 0 Å². The van der Waals surface area contributed by atoms with Gasteiger partial charge in [-0.15, -0.1) is 11.8 Å². The number of hydrogen-bond donors (Lipinski definition) is 2. The standard InChI is InChI=1S/C23H26N4O2S/c1-26(2)17-9-7-16(8-10-17)19(20-12-24-21-6-4-3-5-18(20)21)11-25-22(28)13-27-15-30-14-23(27)29/h3-10,12,19,24H,11,13-15H2,1-2H3,(H,25,28). The van der Waals surface area contributed by atoms with E-state index in [-0.39, 0.29) is 24.3 Å². The molecule has 0 radical (unpaired) electrons. The van der Waals surface area contributed by atoms with Gasteiger partial charge in [0, 0.05) is 49.3 Å². The highest BCUT2D eigenvalue weighted by atomic mass is 32.2. The number of carbonyl (C=O) groups excluding carboxylic acids is 2. The lowest BCUT2D eigenvalue weighted by atomic mass is 9.90. The van der Waals surface area contributed by atoms with E-state index in [0.29, 0.717) is 18.2 Å². The Bertz CT molecular complexity index is 1040. The molecule has 0 bridgehead atoms. The number of para-hydroxylation sites is 1. The Morgan fingerprint density at radius 3 is 2.67 bits per heavy atom. The van der Waals surface area contributed by atoms with Gasteiger partial charge in [0.1, 0.15) is 6.54 Å². The van der Waals surface area contributed by atoms with Gasteiger partial charge in [-0.2, -0.15) is 0 Å². The van der Waals surface area contributed by atoms with Crippen molar-refractivity contribution < 1.29 is 9.59 Å². The van der Waals surface area contributed by atoms with Crippen LogP contribution >= 0.6 is 11.8 Å². The fourth-order valence-electron chi connectivity index (χ4n) is 3.78. The van der Waals surface area contributed by atoms with Crippen molar-refractivity contribution in [3.8, 4) is 0 Å². The van der Waals surface area contributed by atoms with Crippen LogP contribution in [0.25, 0.3) is 10.9 Å². The van der Waals surface area contributed by atoms with Gasteiger partial charge in [-0.25, -0.2) is 0 Å². The predicted octanol–water partition coefficient (Wildman–Crippen LogP) is 3.01. The smallest absolute Gasteiger partial charge is 0.239 e. The molecule has 4 rings (SSSR count). The highest BCUT2D eigenvalue weighted by Crippen LogP contribution is 2.31. The third-order valence-corrected chi connectivity index (χ3v) is 6.42. The zero-order valence-electron chi connectivity index (χ0n) is 17.2. The number of anilines is 1. The van der Waals surface area contributed by atoms with E-state index in [1.807, 2.05) is 32.4 Å². The van der Waals surface area contributed by atoms with Crippen LogP contribution in [-0.2, 0) is 9.59 Å². The number of carbonyl (C=O) groups is 2. The number of nitrogens with one attached hydrogen (secondary N) is 2. The molecule has 0 saturated carbocycles. The number of aromatic amines is 1. The molecule has 1 aliphatic rings. The highest BCUT2D eigenvalue weighted by Gasteiger charge is 2.24. The maximum atomic E-state index is 12.5. The minimum Gasteiger partial charge on any atom is -0.378 e. The van der Waals surface area contributed by atoms with E-state index in [1.165, 1.54) is 0 Å². The minimum absolute atomic E-state index is 0.00460. The summed E-state index contributed by atoms with van der Waals surface area (Å²) in [5.74, 6) is 0.960. The zero-order valence-corrected chi connectivity index (χ0v) is 18.0. The van der Waals surface area contributed by atoms with Gasteiger partial charge in [0.15, 0.2) is 0 Å². The molecular weight excluding hydrogens is 396 g/mol. The normalized spacial score (nSPS) is 14.9. The van der Waals surface area contributed by atoms with E-state index in [2.05, 4.69) is 51.6 Å². The van der Waals surface area contributed by atoms with Crippen LogP contribution in [0.1, 0.15) is 17.0 Å². The molecule has 7 heteroatoms. The van der Waals surface area contributed by atoms with Crippen molar-refractivity contribution in [1.29, 1.82) is 0 Å². The fraction of sp³-hybridized carbons (Fsp3) is 0.304. The zero-order chi connectivity index (χ0) is 21.1. The van der Waals surface area contributed by atoms with Crippen LogP contribution in [-0.4, -0.2) is 60.5 Å². The molecule has 2 aromatic carbocycles. The number of hydrogen-bond acceptors (Lipinski definition) is 4. The summed E-state index contributed by atoms with van der Waals surface area (Å²) in [7, 11) is 4.04. The molecule has 1 aliphatic heterocycles. The minimum atomic E-state index is -0.124. The van der Waals surface area contributed by atoms with Crippen molar-refractivity contribution in [2.75, 3.05) is 43.7 Å². The summed E-state index contributed by atoms with van der Waals surface area (Å²) in [6.45, 7) is 0.586. The first-order chi connectivity index (χ1) is 14.5. The molecular formula is C23H26N4O2S. The van der Waals surface area contributed by atoms with Crippen molar-refractivity contribution in [2.45, 2.75) is 5.92 Å². The van der Waals surface area contributed by atoms with Crippen molar-refractivity contribution in [2.24, 2.45) is 0 Å². The molecule has 0 spiro atoms. The first-order valence-corrected chi connectivity index (χ1v) is 11.1. The Hall–Kier alpha value is -2.93. The lowest BCUT2D eigenvalue weighted by Crippen LogP contribution is -2.39. The van der Waals surface area contributed by atoms with Gasteiger partial charge >= 0.3 is 0 Å². The third kappa shape index (κ3) is 4.31. The van der Waals surface area contributed by atoms with Gasteiger partial charge in [0.25, 0.3) is 0 Å². The molecule has 1 aromatic heterocycles. The van der Waals surface area contributed by atoms with E-state index in [0.717, 1.165) is 27.7 Å². The van der Waals surface area contributed by atoms with Gasteiger partial charge in [-0.1, -0.05) is 30.3 Å². The van der Waals surface area contributed by atoms with Gasteiger partial charge in [-0.3, -0.25) is 9.59 Å². The Balaban J connectivity index is 1.57. The summed E-state index contributed by atoms with van der Waals surface area (Å²) >= 11 is 1.54. The van der Waals surface area contributed by atoms with Gasteiger partial charge in [-0.05, 0) is 29.3 Å². The van der Waals surface area contributed by atoms with Crippen molar-refractivity contribution in [1.82, 2.24) is 15.2 Å². The van der Waals surface area contributed by atoms with Gasteiger partial charge in [0.05, 0.1) is 11.6 Å². The second-order valence-electron chi connectivity index (χ2n) is 7.70. The summed E-state index contributed by atoms with van der Waals surface area (Å²) in [5.41, 5.74) is 4.49. The van der Waals surface area contributed by atoms with Crippen molar-refractivity contribution in [3.05, 3.63) is 65.9 Å². The first-order valence-electron chi connectivity index (χ1n) is 9.98. The molecule has 1 fully saturated rings. The Morgan fingerprint density at radius 2 is 1.97 bits per heavy atom. The Labute approximate surface area is 180 Å². The fourth-order valence-corrected chi connectivity index (χ4v) is 4.68. The van der Waals surface area contributed by atoms with E-state index in [4.69, 9.17) is 0 Å². The summed E-state index contributed by atoms with van der Waals surface area (Å²) in [6.07, 6.45) is 2.03. The summed E-state index contributed by atoms with van der Waals surface area (Å²) < 4.78 is 0. The molecule has 0 aliphatic carbocycles. The molecule has 6 nitrogen and oxygen atoms in total. The average Bonchev–Trinajstić information content (AvgIpc) is 3.35. The van der Waals surface area contributed by atoms with Crippen LogP contribution < -0.4 is 10.2 Å². The molecule has 1 saturated heterocycles. The number of thioether (sulfide) groups is 1. The van der Waals surface area contributed by atoms with Crippen molar-refractivity contribution >= 4 is 40.2 Å². The average molecular weight is 423 g/mol. The van der Waals surface area contributed by atoms with Crippen LogP contribution in [0.2, 0.25) is 0 Å². The topological polar surface area (TPSA) is 68.4 Å². The quantitative estimate of drug-likeness (QED) is 0.614. The molecule has 2 N–H and O–H groups in total. The van der Waals surface area contributed by atoms with Crippen molar-refractivity contribution in [3.63, 3.8) is 0 Å². The third-order valence-electron chi connectivity index (χ3n) is 5.47. The first kappa shape index (κ1) is 20.3. The summed E-state index contributed by atoms with van der Waals surface area (Å²) in [5, 5.41) is 4.21. The molecule has 30 heavy (non-hydrogen) atoms. The molecule has 2 heterocycles. The van der Waals surface area contributed by atoms with Crippen LogP contribution in [0.4, 0.5) is 5.69 Å². The lowest BCUT2D eigenvalue weighted by Gasteiger charge is -2.21. The SMILES string of the molecule is CN(C)c1ccc(C(CNC(=O)CN2CSCC2=O)c2c[nH]c3ccccc23)cc1. The molecule has 3 aromatic rings. The largest absolute Gasteiger partial charge is 0.378 e. The van der Waals surface area contributed by atoms with Crippen LogP contribution in [0.5, 0.6) is 0 Å². The van der Waals surface area contributed by atoms with E-state index < -0.39 is 0 Å². The predicted molar refractivity (Wildman–Crippen MR) is 123 cm³/mol. The number of fused-ring (bicyclic) bond motifs is 1. The second kappa shape index (κ2) is 8.83. The lowest BCUT2D eigenvalue weighted by molar-refractivity contribution is -0.132. The number of benzene rings is 2. The number of amides is 2. The van der Waals surface area contributed by atoms with Crippen LogP contribution in [0.15, 0.2) is 54.7 Å². The number of nitrogens with zero attached hydrogens (tertiary/aromatic N) is 2. The van der Waals surface area contributed by atoms with E-state index in [1.54, 1.807) is 16.7 Å². The van der Waals surface area contributed by atoms with Crippen LogP contribution in [0.3, 0.4) is 0 Å². The Kier molecular flexibility index (Phi) is 5.99. The van der Waals surface area contributed by atoms with Gasteiger partial charge < -0.3 is 20.1 Å². The second-order valence-corrected chi connectivity index (χ2v) is 8.66. The van der Waals surface area contributed by atoms with Gasteiger partial charge in [0.2, 0.25) is 11.8 Å². The molecule has 2 amide bonds. The van der Waals surface area contributed by atoms with E-state index in [9.17, 15) is 9.59 Å². The maximum Gasteiger partial charge on any atom is 0.239 e. The molecule has 156 valence electrons. The number of aromatic nitrogens is 1. The number of rotatable bonds is 7. The Morgan fingerprint density at radius 1 is 1.20 bits per heavy atom.